The summed E-state index contributed by atoms with van der Waals surface area (Å²) in [6, 6.07) is 0. The monoisotopic (exact) mass is 366 g/mol. The zero-order valence-electron chi connectivity index (χ0n) is 16.5. The highest BCUT2D eigenvalue weighted by Gasteiger charge is 2.44. The SMILES string of the molecule is CC(=C\C(=O)O)/C=C(\C)C[C@H](C)CCCCC[C@@H](C)[C@H]1OC(=O)[C@@H]1CO. The summed E-state index contributed by atoms with van der Waals surface area (Å²) in [4.78, 5) is 21.9. The Kier molecular flexibility index (Phi) is 9.63. The minimum Gasteiger partial charge on any atom is -0.478 e. The van der Waals surface area contributed by atoms with Gasteiger partial charge in [-0.05, 0) is 44.1 Å². The average molecular weight is 366 g/mol. The highest BCUT2D eigenvalue weighted by molar-refractivity contribution is 5.81. The molecule has 0 spiro atoms. The Morgan fingerprint density at radius 2 is 1.81 bits per heavy atom. The number of hydrogen-bond acceptors (Lipinski definition) is 4. The van der Waals surface area contributed by atoms with Crippen molar-refractivity contribution in [3.05, 3.63) is 23.3 Å². The topological polar surface area (TPSA) is 83.8 Å². The molecule has 1 heterocycles. The van der Waals surface area contributed by atoms with E-state index in [1.165, 1.54) is 18.1 Å². The summed E-state index contributed by atoms with van der Waals surface area (Å²) in [5, 5.41) is 17.9. The second-order valence-electron chi connectivity index (χ2n) is 7.83. The lowest BCUT2D eigenvalue weighted by Crippen LogP contribution is -2.50. The second kappa shape index (κ2) is 11.2. The quantitative estimate of drug-likeness (QED) is 0.235. The number of esters is 1. The number of carbonyl (C=O) groups excluding carboxylic acids is 1. The molecule has 1 fully saturated rings. The Morgan fingerprint density at radius 1 is 1.15 bits per heavy atom. The Hall–Kier alpha value is -1.62. The van der Waals surface area contributed by atoms with E-state index in [1.54, 1.807) is 0 Å². The fourth-order valence-corrected chi connectivity index (χ4v) is 3.69. The highest BCUT2D eigenvalue weighted by Crippen LogP contribution is 2.31. The molecule has 0 radical (unpaired) electrons. The van der Waals surface area contributed by atoms with Crippen molar-refractivity contribution in [1.82, 2.24) is 0 Å². The standard InChI is InChI=1S/C21H34O5/c1-14(10-15(2)11-16(3)12-19(23)24)8-6-5-7-9-17(4)20-18(13-22)21(25)26-20/h11-12,14,17-18,20,22H,5-10,13H2,1-4H3,(H,23,24)/b15-11+,16-12+/t14-,17-,18-,20-/m1/s1. The maximum atomic E-state index is 11.2. The van der Waals surface area contributed by atoms with Crippen molar-refractivity contribution in [2.24, 2.45) is 17.8 Å². The van der Waals surface area contributed by atoms with Crippen LogP contribution in [0.25, 0.3) is 0 Å². The van der Waals surface area contributed by atoms with E-state index in [0.29, 0.717) is 11.8 Å². The van der Waals surface area contributed by atoms with Gasteiger partial charge >= 0.3 is 11.9 Å². The number of aliphatic hydroxyl groups excluding tert-OH is 1. The number of carbonyl (C=O) groups is 2. The molecule has 148 valence electrons. The van der Waals surface area contributed by atoms with Crippen LogP contribution in [0.4, 0.5) is 0 Å². The molecule has 1 aliphatic heterocycles. The molecule has 1 aliphatic rings. The number of ether oxygens (including phenoxy) is 1. The van der Waals surface area contributed by atoms with Crippen LogP contribution in [-0.2, 0) is 14.3 Å². The first-order chi connectivity index (χ1) is 12.2. The maximum Gasteiger partial charge on any atom is 0.328 e. The van der Waals surface area contributed by atoms with Gasteiger partial charge in [0.2, 0.25) is 0 Å². The lowest BCUT2D eigenvalue weighted by molar-refractivity contribution is -0.195. The van der Waals surface area contributed by atoms with Crippen molar-refractivity contribution in [1.29, 1.82) is 0 Å². The first kappa shape index (κ1) is 22.4. The molecule has 5 heteroatoms. The van der Waals surface area contributed by atoms with E-state index >= 15 is 0 Å². The van der Waals surface area contributed by atoms with Crippen molar-refractivity contribution in [3.63, 3.8) is 0 Å². The Morgan fingerprint density at radius 3 is 2.38 bits per heavy atom. The molecule has 5 nitrogen and oxygen atoms in total. The summed E-state index contributed by atoms with van der Waals surface area (Å²) in [6.45, 7) is 8.07. The second-order valence-corrected chi connectivity index (χ2v) is 7.83. The molecule has 1 rings (SSSR count). The van der Waals surface area contributed by atoms with Gasteiger partial charge in [0, 0.05) is 6.08 Å². The van der Waals surface area contributed by atoms with Gasteiger partial charge in [0.05, 0.1) is 6.61 Å². The van der Waals surface area contributed by atoms with E-state index in [2.05, 4.69) is 20.8 Å². The summed E-state index contributed by atoms with van der Waals surface area (Å²) in [7, 11) is 0. The van der Waals surface area contributed by atoms with Gasteiger partial charge in [0.25, 0.3) is 0 Å². The number of hydrogen-bond donors (Lipinski definition) is 2. The Balaban J connectivity index is 2.18. The molecule has 0 bridgehead atoms. The van der Waals surface area contributed by atoms with Crippen LogP contribution in [0.15, 0.2) is 23.3 Å². The number of aliphatic carboxylic acids is 1. The van der Waals surface area contributed by atoms with Crippen LogP contribution in [-0.4, -0.2) is 34.9 Å². The molecule has 0 unspecified atom stereocenters. The molecule has 0 aromatic carbocycles. The molecule has 2 N–H and O–H groups in total. The smallest absolute Gasteiger partial charge is 0.328 e. The normalized spacial score (nSPS) is 23.2. The minimum atomic E-state index is -0.907. The van der Waals surface area contributed by atoms with Gasteiger partial charge in [-0.1, -0.05) is 51.2 Å². The van der Waals surface area contributed by atoms with E-state index in [4.69, 9.17) is 9.84 Å². The molecule has 0 aromatic rings. The molecular weight excluding hydrogens is 332 g/mol. The number of unbranched alkanes of at least 4 members (excludes halogenated alkanes) is 2. The number of carboxylic acid groups (broad SMARTS) is 1. The van der Waals surface area contributed by atoms with Crippen molar-refractivity contribution in [3.8, 4) is 0 Å². The van der Waals surface area contributed by atoms with Gasteiger partial charge in [-0.2, -0.15) is 0 Å². The molecule has 1 saturated heterocycles. The van der Waals surface area contributed by atoms with Gasteiger partial charge in [-0.3, -0.25) is 4.79 Å². The van der Waals surface area contributed by atoms with Crippen LogP contribution >= 0.6 is 0 Å². The summed E-state index contributed by atoms with van der Waals surface area (Å²) < 4.78 is 5.15. The maximum absolute atomic E-state index is 11.2. The number of aliphatic hydroxyl groups is 1. The summed E-state index contributed by atoms with van der Waals surface area (Å²) in [6.07, 6.45) is 9.65. The summed E-state index contributed by atoms with van der Waals surface area (Å²) >= 11 is 0. The fraction of sp³-hybridized carbons (Fsp3) is 0.714. The molecule has 0 amide bonds. The van der Waals surface area contributed by atoms with E-state index in [1.807, 2.05) is 13.0 Å². The third-order valence-corrected chi connectivity index (χ3v) is 5.06. The van der Waals surface area contributed by atoms with Crippen molar-refractivity contribution >= 4 is 11.9 Å². The molecule has 4 atom stereocenters. The molecule has 0 saturated carbocycles. The van der Waals surface area contributed by atoms with E-state index < -0.39 is 5.97 Å². The van der Waals surface area contributed by atoms with E-state index in [-0.39, 0.29) is 24.6 Å². The van der Waals surface area contributed by atoms with Gasteiger partial charge < -0.3 is 14.9 Å². The highest BCUT2D eigenvalue weighted by atomic mass is 16.6. The van der Waals surface area contributed by atoms with Crippen LogP contribution in [0.3, 0.4) is 0 Å². The predicted molar refractivity (Wildman–Crippen MR) is 102 cm³/mol. The first-order valence-corrected chi connectivity index (χ1v) is 9.64. The van der Waals surface area contributed by atoms with Gasteiger partial charge in [-0.15, -0.1) is 0 Å². The fourth-order valence-electron chi connectivity index (χ4n) is 3.69. The number of cyclic esters (lactones) is 1. The van der Waals surface area contributed by atoms with Gasteiger partial charge in [-0.25, -0.2) is 4.79 Å². The molecular formula is C21H34O5. The predicted octanol–water partition coefficient (Wildman–Crippen LogP) is 4.11. The average Bonchev–Trinajstić information content (AvgIpc) is 2.51. The summed E-state index contributed by atoms with van der Waals surface area (Å²) in [5.74, 6) is -0.617. The zero-order valence-corrected chi connectivity index (χ0v) is 16.5. The number of carboxylic acids is 1. The largest absolute Gasteiger partial charge is 0.478 e. The molecule has 26 heavy (non-hydrogen) atoms. The van der Waals surface area contributed by atoms with Crippen molar-refractivity contribution < 1.29 is 24.5 Å². The van der Waals surface area contributed by atoms with Gasteiger partial charge in [0.15, 0.2) is 0 Å². The first-order valence-electron chi connectivity index (χ1n) is 9.64. The molecule has 0 aliphatic carbocycles. The third-order valence-electron chi connectivity index (χ3n) is 5.06. The van der Waals surface area contributed by atoms with Crippen molar-refractivity contribution in [2.75, 3.05) is 6.61 Å². The van der Waals surface area contributed by atoms with Gasteiger partial charge in [0.1, 0.15) is 12.0 Å². The van der Waals surface area contributed by atoms with Crippen LogP contribution in [0, 0.1) is 17.8 Å². The number of rotatable bonds is 12. The molecule has 0 aromatic heterocycles. The van der Waals surface area contributed by atoms with Crippen LogP contribution in [0.1, 0.15) is 66.2 Å². The Bertz CT molecular complexity index is 535. The van der Waals surface area contributed by atoms with Crippen LogP contribution in [0.2, 0.25) is 0 Å². The summed E-state index contributed by atoms with van der Waals surface area (Å²) in [5.41, 5.74) is 1.98. The lowest BCUT2D eigenvalue weighted by atomic mass is 9.84. The number of allylic oxidation sites excluding steroid dienone is 3. The van der Waals surface area contributed by atoms with E-state index in [0.717, 1.165) is 37.7 Å². The van der Waals surface area contributed by atoms with Crippen LogP contribution in [0.5, 0.6) is 0 Å². The minimum absolute atomic E-state index is 0.110. The van der Waals surface area contributed by atoms with Crippen molar-refractivity contribution in [2.45, 2.75) is 72.3 Å². The Labute approximate surface area is 157 Å². The van der Waals surface area contributed by atoms with E-state index in [9.17, 15) is 14.7 Å². The van der Waals surface area contributed by atoms with Crippen LogP contribution < -0.4 is 0 Å². The third kappa shape index (κ3) is 7.73. The zero-order chi connectivity index (χ0) is 19.7. The lowest BCUT2D eigenvalue weighted by Gasteiger charge is -2.38.